The zero-order valence-corrected chi connectivity index (χ0v) is 13.0. The third kappa shape index (κ3) is 4.54. The van der Waals surface area contributed by atoms with Crippen LogP contribution in [0.2, 0.25) is 0 Å². The predicted octanol–water partition coefficient (Wildman–Crippen LogP) is 2.25. The van der Waals surface area contributed by atoms with Gasteiger partial charge in [-0.05, 0) is 12.1 Å². The standard InChI is InChI=1S/C13H14ClF2NO4S/c14-22(19,20)8-9-5-13(18)17(6-9)10-3-1-2-4-11(10)21-7-12(15)16/h1-4,9,12H,5-8H2. The first-order chi connectivity index (χ1) is 10.3. The van der Waals surface area contributed by atoms with Crippen LogP contribution in [-0.4, -0.2) is 39.7 Å². The molecule has 1 amide bonds. The lowest BCUT2D eigenvalue weighted by Gasteiger charge is -2.20. The van der Waals surface area contributed by atoms with Gasteiger partial charge in [0.15, 0.2) is 0 Å². The van der Waals surface area contributed by atoms with Gasteiger partial charge in [0.25, 0.3) is 6.43 Å². The Bertz CT molecular complexity index is 653. The Labute approximate surface area is 131 Å². The fourth-order valence-corrected chi connectivity index (χ4v) is 3.68. The zero-order chi connectivity index (χ0) is 16.3. The van der Waals surface area contributed by atoms with Crippen LogP contribution in [0.15, 0.2) is 24.3 Å². The summed E-state index contributed by atoms with van der Waals surface area (Å²) < 4.78 is 51.8. The molecule has 0 saturated carbocycles. The molecular weight excluding hydrogens is 340 g/mol. The van der Waals surface area contributed by atoms with Crippen LogP contribution in [0.3, 0.4) is 0 Å². The Hall–Kier alpha value is -1.41. The SMILES string of the molecule is O=C1CC(CS(=O)(=O)Cl)CN1c1ccccc1OCC(F)F. The molecule has 1 unspecified atom stereocenters. The molecule has 1 aliphatic heterocycles. The fraction of sp³-hybridized carbons (Fsp3) is 0.462. The number of hydrogen-bond donors (Lipinski definition) is 0. The van der Waals surface area contributed by atoms with Crippen molar-refractivity contribution in [2.24, 2.45) is 5.92 Å². The maximum absolute atomic E-state index is 12.3. The number of hydrogen-bond acceptors (Lipinski definition) is 4. The van der Waals surface area contributed by atoms with Crippen LogP contribution in [0.5, 0.6) is 5.75 Å². The molecule has 0 N–H and O–H groups in total. The summed E-state index contributed by atoms with van der Waals surface area (Å²) >= 11 is 0. The van der Waals surface area contributed by atoms with E-state index in [1.165, 1.54) is 11.0 Å². The molecule has 1 saturated heterocycles. The van der Waals surface area contributed by atoms with Gasteiger partial charge < -0.3 is 9.64 Å². The number of anilines is 1. The Morgan fingerprint density at radius 1 is 1.36 bits per heavy atom. The maximum Gasteiger partial charge on any atom is 0.272 e. The average molecular weight is 354 g/mol. The van der Waals surface area contributed by atoms with Gasteiger partial charge in [-0.15, -0.1) is 0 Å². The molecule has 9 heteroatoms. The summed E-state index contributed by atoms with van der Waals surface area (Å²) in [4.78, 5) is 13.4. The molecule has 0 spiro atoms. The van der Waals surface area contributed by atoms with Crippen molar-refractivity contribution in [1.29, 1.82) is 0 Å². The van der Waals surface area contributed by atoms with Crippen LogP contribution in [0.1, 0.15) is 6.42 Å². The number of carbonyl (C=O) groups excluding carboxylic acids is 1. The van der Waals surface area contributed by atoms with E-state index in [4.69, 9.17) is 15.4 Å². The van der Waals surface area contributed by atoms with E-state index in [9.17, 15) is 22.0 Å². The lowest BCUT2D eigenvalue weighted by Crippen LogP contribution is -2.26. The van der Waals surface area contributed by atoms with Crippen LogP contribution in [0.25, 0.3) is 0 Å². The molecule has 0 aliphatic carbocycles. The molecule has 1 aliphatic rings. The molecule has 22 heavy (non-hydrogen) atoms. The van der Waals surface area contributed by atoms with Gasteiger partial charge in [-0.2, -0.15) is 0 Å². The summed E-state index contributed by atoms with van der Waals surface area (Å²) in [6.07, 6.45) is -2.59. The number of carbonyl (C=O) groups is 1. The van der Waals surface area contributed by atoms with Gasteiger partial charge in [0.05, 0.1) is 11.4 Å². The molecular formula is C13H14ClF2NO4S. The lowest BCUT2D eigenvalue weighted by atomic mass is 10.1. The highest BCUT2D eigenvalue weighted by Crippen LogP contribution is 2.33. The van der Waals surface area contributed by atoms with Crippen LogP contribution in [0, 0.1) is 5.92 Å². The second-order valence-corrected chi connectivity index (χ2v) is 7.77. The minimum Gasteiger partial charge on any atom is -0.485 e. The first-order valence-electron chi connectivity index (χ1n) is 6.49. The van der Waals surface area contributed by atoms with Gasteiger partial charge in [-0.25, -0.2) is 17.2 Å². The molecule has 1 heterocycles. The van der Waals surface area contributed by atoms with Gasteiger partial charge in [-0.3, -0.25) is 4.79 Å². The van der Waals surface area contributed by atoms with Crippen LogP contribution in [0.4, 0.5) is 14.5 Å². The number of benzene rings is 1. The van der Waals surface area contributed by atoms with E-state index in [-0.39, 0.29) is 30.4 Å². The van der Waals surface area contributed by atoms with E-state index >= 15 is 0 Å². The summed E-state index contributed by atoms with van der Waals surface area (Å²) in [6.45, 7) is -0.627. The Morgan fingerprint density at radius 2 is 2.05 bits per heavy atom. The van der Waals surface area contributed by atoms with Crippen molar-refractivity contribution in [1.82, 2.24) is 0 Å². The average Bonchev–Trinajstić information content (AvgIpc) is 2.75. The quantitative estimate of drug-likeness (QED) is 0.736. The van der Waals surface area contributed by atoms with Gasteiger partial charge >= 0.3 is 0 Å². The number of alkyl halides is 2. The molecule has 1 aromatic rings. The summed E-state index contributed by atoms with van der Waals surface area (Å²) in [5.74, 6) is -0.876. The molecule has 1 aromatic carbocycles. The summed E-state index contributed by atoms with van der Waals surface area (Å²) in [7, 11) is 1.50. The van der Waals surface area contributed by atoms with Crippen LogP contribution < -0.4 is 9.64 Å². The van der Waals surface area contributed by atoms with Gasteiger partial charge in [0, 0.05) is 29.6 Å². The highest BCUT2D eigenvalue weighted by atomic mass is 35.7. The van der Waals surface area contributed by atoms with E-state index in [0.717, 1.165) is 0 Å². The minimum atomic E-state index is -3.71. The number of rotatable bonds is 6. The number of para-hydroxylation sites is 2. The monoisotopic (exact) mass is 353 g/mol. The smallest absolute Gasteiger partial charge is 0.272 e. The fourth-order valence-electron chi connectivity index (χ4n) is 2.36. The molecule has 0 aromatic heterocycles. The number of ether oxygens (including phenoxy) is 1. The third-order valence-electron chi connectivity index (χ3n) is 3.16. The molecule has 0 radical (unpaired) electrons. The summed E-state index contributed by atoms with van der Waals surface area (Å²) in [5.41, 5.74) is 0.350. The molecule has 5 nitrogen and oxygen atoms in total. The second-order valence-electron chi connectivity index (χ2n) is 4.95. The largest absolute Gasteiger partial charge is 0.485 e. The topological polar surface area (TPSA) is 63.7 Å². The summed E-state index contributed by atoms with van der Waals surface area (Å²) in [5, 5.41) is 0. The van der Waals surface area contributed by atoms with Crippen molar-refractivity contribution >= 4 is 31.3 Å². The van der Waals surface area contributed by atoms with E-state index in [1.807, 2.05) is 0 Å². The van der Waals surface area contributed by atoms with Crippen molar-refractivity contribution in [2.45, 2.75) is 12.8 Å². The molecule has 122 valence electrons. The molecule has 0 bridgehead atoms. The predicted molar refractivity (Wildman–Crippen MR) is 78.0 cm³/mol. The Morgan fingerprint density at radius 3 is 2.68 bits per heavy atom. The maximum atomic E-state index is 12.3. The molecule has 1 atom stereocenters. The third-order valence-corrected chi connectivity index (χ3v) is 4.41. The highest BCUT2D eigenvalue weighted by Gasteiger charge is 2.34. The van der Waals surface area contributed by atoms with Crippen molar-refractivity contribution in [3.63, 3.8) is 0 Å². The molecule has 2 rings (SSSR count). The number of nitrogens with zero attached hydrogens (tertiary/aromatic N) is 1. The van der Waals surface area contributed by atoms with Crippen molar-refractivity contribution in [3.05, 3.63) is 24.3 Å². The molecule has 1 fully saturated rings. The van der Waals surface area contributed by atoms with Gasteiger partial charge in [0.1, 0.15) is 12.4 Å². The number of amides is 1. The first kappa shape index (κ1) is 17.0. The minimum absolute atomic E-state index is 0.0368. The van der Waals surface area contributed by atoms with Crippen molar-refractivity contribution in [2.75, 3.05) is 23.8 Å². The van der Waals surface area contributed by atoms with E-state index < -0.39 is 28.0 Å². The zero-order valence-electron chi connectivity index (χ0n) is 11.4. The van der Waals surface area contributed by atoms with Crippen LogP contribution in [-0.2, 0) is 13.8 Å². The summed E-state index contributed by atoms with van der Waals surface area (Å²) in [6, 6.07) is 6.29. The second kappa shape index (κ2) is 6.78. The Balaban J connectivity index is 2.16. The first-order valence-corrected chi connectivity index (χ1v) is 8.97. The normalized spacial score (nSPS) is 19.0. The van der Waals surface area contributed by atoms with E-state index in [1.54, 1.807) is 18.2 Å². The number of halogens is 3. The van der Waals surface area contributed by atoms with E-state index in [0.29, 0.717) is 5.69 Å². The van der Waals surface area contributed by atoms with Gasteiger partial charge in [-0.1, -0.05) is 12.1 Å². The Kier molecular flexibility index (Phi) is 5.23. The van der Waals surface area contributed by atoms with Crippen molar-refractivity contribution in [3.8, 4) is 5.75 Å². The van der Waals surface area contributed by atoms with E-state index in [2.05, 4.69) is 0 Å². The van der Waals surface area contributed by atoms with Crippen molar-refractivity contribution < 1.29 is 26.7 Å². The lowest BCUT2D eigenvalue weighted by molar-refractivity contribution is -0.117. The highest BCUT2D eigenvalue weighted by molar-refractivity contribution is 8.13. The van der Waals surface area contributed by atoms with Gasteiger partial charge in [0.2, 0.25) is 15.0 Å². The van der Waals surface area contributed by atoms with Crippen LogP contribution >= 0.6 is 10.7 Å².